The van der Waals surface area contributed by atoms with E-state index in [2.05, 4.69) is 5.16 Å². The minimum absolute atomic E-state index is 0.0567. The van der Waals surface area contributed by atoms with Crippen LogP contribution in [0.4, 0.5) is 0 Å². The van der Waals surface area contributed by atoms with Crippen molar-refractivity contribution in [3.05, 3.63) is 52.4 Å². The Morgan fingerprint density at radius 1 is 1.06 bits per heavy atom. The Morgan fingerprint density at radius 3 is 2.38 bits per heavy atom. The molecule has 0 radical (unpaired) electrons. The molecule has 0 unspecified atom stereocenters. The molecule has 0 spiro atoms. The smallest absolute Gasteiger partial charge is 0.232 e. The van der Waals surface area contributed by atoms with Crippen molar-refractivity contribution < 1.29 is 14.1 Å². The molecule has 0 N–H and O–H groups in total. The van der Waals surface area contributed by atoms with Crippen LogP contribution >= 0.6 is 0 Å². The molecule has 16 heavy (non-hydrogen) atoms. The normalized spacial score (nSPS) is 13.6. The van der Waals surface area contributed by atoms with Crippen LogP contribution in [0.25, 0.3) is 0 Å². The third-order valence-corrected chi connectivity index (χ3v) is 2.71. The molecule has 3 rings (SSSR count). The van der Waals surface area contributed by atoms with Crippen LogP contribution in [0.5, 0.6) is 0 Å². The molecule has 1 aromatic carbocycles. The molecule has 1 aliphatic carbocycles. The highest BCUT2D eigenvalue weighted by molar-refractivity contribution is 6.27. The molecule has 0 amide bonds. The molecule has 0 aliphatic heterocycles. The number of nitrogens with zero attached hydrogens (tertiary/aromatic N) is 1. The lowest BCUT2D eigenvalue weighted by Crippen LogP contribution is -2.19. The first-order valence-corrected chi connectivity index (χ1v) is 4.85. The first-order chi connectivity index (χ1) is 7.70. The van der Waals surface area contributed by atoms with Crippen molar-refractivity contribution in [3.8, 4) is 0 Å². The summed E-state index contributed by atoms with van der Waals surface area (Å²) in [4.78, 5) is 24.1. The molecule has 0 atom stereocenters. The van der Waals surface area contributed by atoms with Crippen molar-refractivity contribution >= 4 is 11.6 Å². The Labute approximate surface area is 90.9 Å². The van der Waals surface area contributed by atoms with Gasteiger partial charge >= 0.3 is 0 Å². The van der Waals surface area contributed by atoms with Crippen molar-refractivity contribution in [1.82, 2.24) is 5.16 Å². The first-order valence-electron chi connectivity index (χ1n) is 4.85. The number of hydrogen-bond donors (Lipinski definition) is 0. The monoisotopic (exact) mass is 213 g/mol. The Hall–Kier alpha value is -2.23. The van der Waals surface area contributed by atoms with Crippen LogP contribution < -0.4 is 0 Å². The quantitative estimate of drug-likeness (QED) is 0.570. The van der Waals surface area contributed by atoms with E-state index >= 15 is 0 Å². The van der Waals surface area contributed by atoms with Crippen LogP contribution in [0.2, 0.25) is 0 Å². The van der Waals surface area contributed by atoms with E-state index < -0.39 is 0 Å². The van der Waals surface area contributed by atoms with Crippen LogP contribution in [-0.4, -0.2) is 16.7 Å². The van der Waals surface area contributed by atoms with E-state index in [0.717, 1.165) is 0 Å². The van der Waals surface area contributed by atoms with Gasteiger partial charge in [-0.3, -0.25) is 9.59 Å². The maximum atomic E-state index is 12.1. The summed E-state index contributed by atoms with van der Waals surface area (Å²) in [5, 5.41) is 3.67. The molecule has 0 bridgehead atoms. The summed E-state index contributed by atoms with van der Waals surface area (Å²) in [6.07, 6.45) is 0. The average Bonchev–Trinajstić information content (AvgIpc) is 2.69. The molecular formula is C12H7NO3. The predicted octanol–water partition coefficient (Wildman–Crippen LogP) is 1.76. The average molecular weight is 213 g/mol. The summed E-state index contributed by atoms with van der Waals surface area (Å²) in [6, 6.07) is 6.72. The topological polar surface area (TPSA) is 60.2 Å². The van der Waals surface area contributed by atoms with E-state index in [-0.39, 0.29) is 17.3 Å². The summed E-state index contributed by atoms with van der Waals surface area (Å²) in [5.74, 6) is -0.407. The standard InChI is InChI=1S/C12H7NO3/c1-6-9-10(14)7-4-2-3-5-8(7)11(15)12(9)16-13-6/h2-5H,1H3. The van der Waals surface area contributed by atoms with Gasteiger partial charge < -0.3 is 4.52 Å². The highest BCUT2D eigenvalue weighted by Gasteiger charge is 2.34. The van der Waals surface area contributed by atoms with Crippen molar-refractivity contribution in [3.63, 3.8) is 0 Å². The third-order valence-electron chi connectivity index (χ3n) is 2.71. The van der Waals surface area contributed by atoms with Gasteiger partial charge in [0, 0.05) is 11.1 Å². The summed E-state index contributed by atoms with van der Waals surface area (Å²) in [5.41, 5.74) is 1.56. The van der Waals surface area contributed by atoms with Crippen LogP contribution in [0.3, 0.4) is 0 Å². The molecule has 0 fully saturated rings. The van der Waals surface area contributed by atoms with E-state index in [1.807, 2.05) is 0 Å². The lowest BCUT2D eigenvalue weighted by molar-refractivity contribution is 0.0955. The van der Waals surface area contributed by atoms with E-state index in [1.165, 1.54) is 0 Å². The molecule has 78 valence electrons. The Kier molecular flexibility index (Phi) is 1.63. The van der Waals surface area contributed by atoms with Crippen LogP contribution in [0.15, 0.2) is 28.8 Å². The lowest BCUT2D eigenvalue weighted by atomic mass is 9.88. The molecule has 2 aromatic rings. The van der Waals surface area contributed by atoms with Gasteiger partial charge in [0.25, 0.3) is 0 Å². The number of fused-ring (bicyclic) bond motifs is 2. The first kappa shape index (κ1) is 9.03. The van der Waals surface area contributed by atoms with Gasteiger partial charge in [-0.05, 0) is 6.92 Å². The number of benzene rings is 1. The number of ketones is 2. The molecule has 0 saturated carbocycles. The number of carbonyl (C=O) groups is 2. The fourth-order valence-corrected chi connectivity index (χ4v) is 1.93. The van der Waals surface area contributed by atoms with E-state index in [1.54, 1.807) is 31.2 Å². The van der Waals surface area contributed by atoms with Gasteiger partial charge in [-0.2, -0.15) is 0 Å². The largest absolute Gasteiger partial charge is 0.352 e. The molecule has 0 saturated heterocycles. The predicted molar refractivity (Wildman–Crippen MR) is 54.5 cm³/mol. The van der Waals surface area contributed by atoms with Gasteiger partial charge in [-0.15, -0.1) is 0 Å². The second-order valence-electron chi connectivity index (χ2n) is 3.68. The van der Waals surface area contributed by atoms with Gasteiger partial charge in [-0.25, -0.2) is 0 Å². The molecule has 4 nitrogen and oxygen atoms in total. The Morgan fingerprint density at radius 2 is 1.69 bits per heavy atom. The number of carbonyl (C=O) groups excluding carboxylic acids is 2. The Balaban J connectivity index is 2.36. The fourth-order valence-electron chi connectivity index (χ4n) is 1.93. The van der Waals surface area contributed by atoms with Crippen LogP contribution in [0, 0.1) is 6.92 Å². The van der Waals surface area contributed by atoms with E-state index in [9.17, 15) is 9.59 Å². The summed E-state index contributed by atoms with van der Waals surface area (Å²) in [7, 11) is 0. The maximum Gasteiger partial charge on any atom is 0.232 e. The highest BCUT2D eigenvalue weighted by atomic mass is 16.5. The molecule has 1 heterocycles. The van der Waals surface area contributed by atoms with Gasteiger partial charge in [0.05, 0.1) is 11.3 Å². The zero-order chi connectivity index (χ0) is 11.3. The van der Waals surface area contributed by atoms with Gasteiger partial charge in [-0.1, -0.05) is 29.4 Å². The maximum absolute atomic E-state index is 12.1. The number of rotatable bonds is 0. The highest BCUT2D eigenvalue weighted by Crippen LogP contribution is 2.28. The Bertz CT molecular complexity index is 625. The molecular weight excluding hydrogens is 206 g/mol. The summed E-state index contributed by atoms with van der Waals surface area (Å²) in [6.45, 7) is 1.65. The molecule has 4 heteroatoms. The zero-order valence-corrected chi connectivity index (χ0v) is 8.48. The SMILES string of the molecule is Cc1noc2c1C(=O)c1ccccc1C2=O. The number of hydrogen-bond acceptors (Lipinski definition) is 4. The van der Waals surface area contributed by atoms with E-state index in [0.29, 0.717) is 22.4 Å². The minimum atomic E-state index is -0.272. The zero-order valence-electron chi connectivity index (χ0n) is 8.48. The summed E-state index contributed by atoms with van der Waals surface area (Å²) < 4.78 is 4.91. The van der Waals surface area contributed by atoms with Crippen molar-refractivity contribution in [2.24, 2.45) is 0 Å². The molecule has 1 aliphatic rings. The van der Waals surface area contributed by atoms with Crippen molar-refractivity contribution in [2.75, 3.05) is 0 Å². The van der Waals surface area contributed by atoms with Crippen LogP contribution in [0.1, 0.15) is 37.7 Å². The van der Waals surface area contributed by atoms with Gasteiger partial charge in [0.2, 0.25) is 11.5 Å². The lowest BCUT2D eigenvalue weighted by Gasteiger charge is -2.11. The van der Waals surface area contributed by atoms with Gasteiger partial charge in [0.1, 0.15) is 0 Å². The van der Waals surface area contributed by atoms with Gasteiger partial charge in [0.15, 0.2) is 5.78 Å². The second-order valence-corrected chi connectivity index (χ2v) is 3.68. The number of aromatic nitrogens is 1. The third kappa shape index (κ3) is 0.957. The van der Waals surface area contributed by atoms with E-state index in [4.69, 9.17) is 4.52 Å². The number of aryl methyl sites for hydroxylation is 1. The van der Waals surface area contributed by atoms with Crippen molar-refractivity contribution in [2.45, 2.75) is 6.92 Å². The molecule has 1 aromatic heterocycles. The minimum Gasteiger partial charge on any atom is -0.352 e. The fraction of sp³-hybridized carbons (Fsp3) is 0.0833. The van der Waals surface area contributed by atoms with Crippen molar-refractivity contribution in [1.29, 1.82) is 0 Å². The summed E-state index contributed by atoms with van der Waals surface area (Å²) >= 11 is 0. The second kappa shape index (κ2) is 2.88. The van der Waals surface area contributed by atoms with Crippen LogP contribution in [-0.2, 0) is 0 Å².